The molecule has 0 amide bonds. The summed E-state index contributed by atoms with van der Waals surface area (Å²) in [6, 6.07) is 2.05. The number of rotatable bonds is 4. The zero-order valence-electron chi connectivity index (χ0n) is 9.89. The Labute approximate surface area is 91.3 Å². The van der Waals surface area contributed by atoms with E-state index in [1.165, 1.54) is 5.56 Å². The van der Waals surface area contributed by atoms with Crippen molar-refractivity contribution in [2.45, 2.75) is 34.3 Å². The van der Waals surface area contributed by atoms with Crippen LogP contribution in [0.1, 0.15) is 39.5 Å². The zero-order valence-corrected chi connectivity index (χ0v) is 9.89. The molecule has 0 atom stereocenters. The normalized spacial score (nSPS) is 10.4. The minimum Gasteiger partial charge on any atom is -0.377 e. The molecule has 1 aromatic carbocycles. The van der Waals surface area contributed by atoms with Gasteiger partial charge < -0.3 is 4.74 Å². The average molecular weight is 206 g/mol. The molecular formula is C13H18O2. The predicted octanol–water partition coefficient (Wildman–Crippen LogP) is 2.96. The summed E-state index contributed by atoms with van der Waals surface area (Å²) in [5.41, 5.74) is 5.24. The Morgan fingerprint density at radius 1 is 1.27 bits per heavy atom. The maximum absolute atomic E-state index is 10.9. The van der Waals surface area contributed by atoms with Crippen molar-refractivity contribution in [1.82, 2.24) is 0 Å². The lowest BCUT2D eigenvalue weighted by molar-refractivity contribution is 0.112. The first-order valence-electron chi connectivity index (χ1n) is 5.24. The van der Waals surface area contributed by atoms with Crippen molar-refractivity contribution in [3.05, 3.63) is 33.9 Å². The molecule has 0 spiro atoms. The molecular weight excluding hydrogens is 188 g/mol. The summed E-state index contributed by atoms with van der Waals surface area (Å²) in [6.07, 6.45) is 0.930. The van der Waals surface area contributed by atoms with Crippen molar-refractivity contribution < 1.29 is 9.53 Å². The van der Waals surface area contributed by atoms with Gasteiger partial charge in [0.15, 0.2) is 6.29 Å². The molecule has 2 heteroatoms. The largest absolute Gasteiger partial charge is 0.377 e. The number of hydrogen-bond acceptors (Lipinski definition) is 2. The van der Waals surface area contributed by atoms with E-state index < -0.39 is 0 Å². The van der Waals surface area contributed by atoms with E-state index in [9.17, 15) is 4.79 Å². The molecule has 0 saturated carbocycles. The van der Waals surface area contributed by atoms with Crippen LogP contribution < -0.4 is 0 Å². The van der Waals surface area contributed by atoms with E-state index in [1.807, 2.05) is 26.8 Å². The minimum absolute atomic E-state index is 0.593. The fourth-order valence-corrected chi connectivity index (χ4v) is 1.85. The molecule has 15 heavy (non-hydrogen) atoms. The highest BCUT2D eigenvalue weighted by atomic mass is 16.5. The second-order valence-electron chi connectivity index (χ2n) is 3.78. The minimum atomic E-state index is 0.593. The van der Waals surface area contributed by atoms with Crippen molar-refractivity contribution in [3.63, 3.8) is 0 Å². The number of ether oxygens (including phenoxy) is 1. The van der Waals surface area contributed by atoms with Crippen LogP contribution in [0.4, 0.5) is 0 Å². The molecule has 0 aliphatic rings. The van der Waals surface area contributed by atoms with E-state index in [1.54, 1.807) is 0 Å². The van der Waals surface area contributed by atoms with Crippen molar-refractivity contribution >= 4 is 6.29 Å². The van der Waals surface area contributed by atoms with Gasteiger partial charge in [-0.15, -0.1) is 0 Å². The summed E-state index contributed by atoms with van der Waals surface area (Å²) in [7, 11) is 0. The maximum atomic E-state index is 10.9. The van der Waals surface area contributed by atoms with Crippen LogP contribution in [0.2, 0.25) is 0 Å². The topological polar surface area (TPSA) is 26.3 Å². The van der Waals surface area contributed by atoms with E-state index in [-0.39, 0.29) is 0 Å². The highest BCUT2D eigenvalue weighted by molar-refractivity contribution is 5.80. The number of aldehydes is 1. The van der Waals surface area contributed by atoms with Gasteiger partial charge in [-0.05, 0) is 49.9 Å². The first kappa shape index (κ1) is 11.9. The molecule has 2 nitrogen and oxygen atoms in total. The monoisotopic (exact) mass is 206 g/mol. The Morgan fingerprint density at radius 2 is 1.93 bits per heavy atom. The lowest BCUT2D eigenvalue weighted by Crippen LogP contribution is -2.03. The maximum Gasteiger partial charge on any atom is 0.150 e. The third-order valence-corrected chi connectivity index (χ3v) is 2.76. The van der Waals surface area contributed by atoms with Gasteiger partial charge in [0, 0.05) is 12.2 Å². The van der Waals surface area contributed by atoms with E-state index in [0.717, 1.165) is 28.5 Å². The van der Waals surface area contributed by atoms with Gasteiger partial charge in [-0.25, -0.2) is 0 Å². The van der Waals surface area contributed by atoms with Gasteiger partial charge in [0.05, 0.1) is 6.61 Å². The van der Waals surface area contributed by atoms with Crippen LogP contribution in [0, 0.1) is 20.8 Å². The Hall–Kier alpha value is -1.15. The lowest BCUT2D eigenvalue weighted by Gasteiger charge is -2.13. The van der Waals surface area contributed by atoms with Crippen LogP contribution in [-0.4, -0.2) is 12.9 Å². The smallest absolute Gasteiger partial charge is 0.150 e. The van der Waals surface area contributed by atoms with Crippen LogP contribution in [0.25, 0.3) is 0 Å². The number of hydrogen-bond donors (Lipinski definition) is 0. The van der Waals surface area contributed by atoms with Gasteiger partial charge in [-0.1, -0.05) is 6.07 Å². The molecule has 1 aromatic rings. The molecule has 0 saturated heterocycles. The average Bonchev–Trinajstić information content (AvgIpc) is 2.17. The second-order valence-corrected chi connectivity index (χ2v) is 3.78. The molecule has 0 aliphatic carbocycles. The Bertz CT molecular complexity index is 367. The molecule has 82 valence electrons. The van der Waals surface area contributed by atoms with Crippen LogP contribution in [0.5, 0.6) is 0 Å². The summed E-state index contributed by atoms with van der Waals surface area (Å²) in [5.74, 6) is 0. The molecule has 0 bridgehead atoms. The van der Waals surface area contributed by atoms with Crippen LogP contribution in [-0.2, 0) is 11.3 Å². The van der Waals surface area contributed by atoms with Crippen molar-refractivity contribution in [1.29, 1.82) is 0 Å². The van der Waals surface area contributed by atoms with E-state index in [0.29, 0.717) is 13.2 Å². The summed E-state index contributed by atoms with van der Waals surface area (Å²) in [4.78, 5) is 10.9. The summed E-state index contributed by atoms with van der Waals surface area (Å²) in [5, 5.41) is 0. The standard InChI is InChI=1S/C13H18O2/c1-5-15-8-13-10(3)6-9(2)12(7-14)11(13)4/h6-7H,5,8H2,1-4H3. The molecule has 0 heterocycles. The van der Waals surface area contributed by atoms with Crippen molar-refractivity contribution in [2.75, 3.05) is 6.61 Å². The van der Waals surface area contributed by atoms with Gasteiger partial charge in [0.25, 0.3) is 0 Å². The molecule has 1 rings (SSSR count). The molecule has 0 unspecified atom stereocenters. The highest BCUT2D eigenvalue weighted by Crippen LogP contribution is 2.21. The number of carbonyl (C=O) groups excluding carboxylic acids is 1. The molecule has 0 aromatic heterocycles. The van der Waals surface area contributed by atoms with Gasteiger partial charge >= 0.3 is 0 Å². The van der Waals surface area contributed by atoms with Crippen molar-refractivity contribution in [3.8, 4) is 0 Å². The number of aryl methyl sites for hydroxylation is 2. The third-order valence-electron chi connectivity index (χ3n) is 2.76. The molecule has 0 radical (unpaired) electrons. The summed E-state index contributed by atoms with van der Waals surface area (Å²) >= 11 is 0. The summed E-state index contributed by atoms with van der Waals surface area (Å²) in [6.45, 7) is 9.27. The number of benzene rings is 1. The van der Waals surface area contributed by atoms with Gasteiger partial charge in [0.2, 0.25) is 0 Å². The van der Waals surface area contributed by atoms with Crippen LogP contribution >= 0.6 is 0 Å². The van der Waals surface area contributed by atoms with E-state index in [2.05, 4.69) is 6.92 Å². The van der Waals surface area contributed by atoms with Crippen LogP contribution in [0.3, 0.4) is 0 Å². The van der Waals surface area contributed by atoms with Gasteiger partial charge in [-0.3, -0.25) is 4.79 Å². The SMILES string of the molecule is CCOCc1c(C)cc(C)c(C=O)c1C. The first-order chi connectivity index (χ1) is 7.11. The third kappa shape index (κ3) is 2.45. The first-order valence-corrected chi connectivity index (χ1v) is 5.24. The van der Waals surface area contributed by atoms with Gasteiger partial charge in [0.1, 0.15) is 0 Å². The lowest BCUT2D eigenvalue weighted by atomic mass is 9.94. The Kier molecular flexibility index (Phi) is 4.04. The highest BCUT2D eigenvalue weighted by Gasteiger charge is 2.09. The molecule has 0 fully saturated rings. The Balaban J connectivity index is 3.19. The zero-order chi connectivity index (χ0) is 11.4. The number of carbonyl (C=O) groups is 1. The van der Waals surface area contributed by atoms with E-state index >= 15 is 0 Å². The van der Waals surface area contributed by atoms with Crippen molar-refractivity contribution in [2.24, 2.45) is 0 Å². The quantitative estimate of drug-likeness (QED) is 0.708. The van der Waals surface area contributed by atoms with Gasteiger partial charge in [-0.2, -0.15) is 0 Å². The molecule has 0 N–H and O–H groups in total. The second kappa shape index (κ2) is 5.08. The fraction of sp³-hybridized carbons (Fsp3) is 0.462. The Morgan fingerprint density at radius 3 is 2.47 bits per heavy atom. The molecule has 0 aliphatic heterocycles. The van der Waals surface area contributed by atoms with E-state index in [4.69, 9.17) is 4.74 Å². The fourth-order valence-electron chi connectivity index (χ4n) is 1.85. The van der Waals surface area contributed by atoms with Crippen LogP contribution in [0.15, 0.2) is 6.07 Å². The summed E-state index contributed by atoms with van der Waals surface area (Å²) < 4.78 is 5.40. The predicted molar refractivity (Wildman–Crippen MR) is 61.4 cm³/mol.